The van der Waals surface area contributed by atoms with Crippen molar-refractivity contribution >= 4 is 35.1 Å². The lowest BCUT2D eigenvalue weighted by Gasteiger charge is -2.35. The normalized spacial score (nSPS) is 24.1. The van der Waals surface area contributed by atoms with E-state index >= 15 is 0 Å². The molecule has 3 heterocycles. The number of carbonyl (C=O) groups is 3. The minimum absolute atomic E-state index is 0.118. The predicted octanol–water partition coefficient (Wildman–Crippen LogP) is 3.26. The summed E-state index contributed by atoms with van der Waals surface area (Å²) >= 11 is 6.27. The van der Waals surface area contributed by atoms with Gasteiger partial charge in [-0.15, -0.1) is 0 Å². The van der Waals surface area contributed by atoms with E-state index in [0.29, 0.717) is 29.8 Å². The molecule has 5 rings (SSSR count). The Bertz CT molecular complexity index is 1200. The molecule has 3 saturated heterocycles. The van der Waals surface area contributed by atoms with E-state index in [-0.39, 0.29) is 34.5 Å². The number of hydrogen-bond donors (Lipinski definition) is 0. The molecule has 156 valence electrons. The molecule has 8 heteroatoms. The fraction of sp³-hybridized carbons (Fsp3) is 0.304. The molecular weight excluding hydrogens is 416 g/mol. The van der Waals surface area contributed by atoms with Gasteiger partial charge in [-0.25, -0.2) is 9.69 Å². The lowest BCUT2D eigenvalue weighted by atomic mass is 10.1. The van der Waals surface area contributed by atoms with Crippen LogP contribution in [0, 0.1) is 25.2 Å². The summed E-state index contributed by atoms with van der Waals surface area (Å²) in [6.45, 7) is 4.02. The van der Waals surface area contributed by atoms with Crippen LogP contribution in [-0.4, -0.2) is 52.3 Å². The van der Waals surface area contributed by atoms with Crippen molar-refractivity contribution in [2.24, 2.45) is 0 Å². The second-order valence-corrected chi connectivity index (χ2v) is 8.65. The van der Waals surface area contributed by atoms with Crippen LogP contribution in [0.5, 0.6) is 0 Å². The minimum atomic E-state index is -0.700. The average Bonchev–Trinajstić information content (AvgIpc) is 3.41. The molecule has 0 spiro atoms. The molecule has 0 aromatic heterocycles. The van der Waals surface area contributed by atoms with E-state index in [9.17, 15) is 19.6 Å². The maximum atomic E-state index is 13.4. The molecule has 31 heavy (non-hydrogen) atoms. The zero-order valence-corrected chi connectivity index (χ0v) is 17.8. The maximum absolute atomic E-state index is 13.4. The zero-order chi connectivity index (χ0) is 22.0. The summed E-state index contributed by atoms with van der Waals surface area (Å²) in [5.74, 6) is -0.477. The Balaban J connectivity index is 1.47. The van der Waals surface area contributed by atoms with Gasteiger partial charge in [0.25, 0.3) is 11.8 Å². The lowest BCUT2D eigenvalue weighted by Crippen LogP contribution is -2.54. The SMILES string of the molecule is Cc1cccc(C(=O)N2C[C@H]3CC2[C@H]2C(=O)N(c4ccc(C#N)c(Cl)c4C)C(=O)N32)c1. The molecule has 3 fully saturated rings. The van der Waals surface area contributed by atoms with Gasteiger partial charge in [0.2, 0.25) is 0 Å². The first-order valence-corrected chi connectivity index (χ1v) is 10.4. The van der Waals surface area contributed by atoms with Crippen LogP contribution >= 0.6 is 11.6 Å². The maximum Gasteiger partial charge on any atom is 0.332 e. The lowest BCUT2D eigenvalue weighted by molar-refractivity contribution is -0.121. The van der Waals surface area contributed by atoms with Crippen molar-refractivity contribution < 1.29 is 14.4 Å². The van der Waals surface area contributed by atoms with Crippen molar-refractivity contribution in [1.29, 1.82) is 5.26 Å². The number of nitriles is 1. The number of carbonyl (C=O) groups excluding carboxylic acids is 3. The van der Waals surface area contributed by atoms with E-state index in [0.717, 1.165) is 10.5 Å². The van der Waals surface area contributed by atoms with E-state index in [1.54, 1.807) is 28.9 Å². The highest BCUT2D eigenvalue weighted by molar-refractivity contribution is 6.33. The Morgan fingerprint density at radius 3 is 2.68 bits per heavy atom. The summed E-state index contributed by atoms with van der Waals surface area (Å²) in [5, 5.41) is 9.41. The number of amides is 4. The van der Waals surface area contributed by atoms with Crippen molar-refractivity contribution in [2.45, 2.75) is 38.4 Å². The largest absolute Gasteiger partial charge is 0.332 e. The summed E-state index contributed by atoms with van der Waals surface area (Å²) in [4.78, 5) is 44.2. The van der Waals surface area contributed by atoms with Gasteiger partial charge in [-0.1, -0.05) is 29.3 Å². The Morgan fingerprint density at radius 2 is 1.97 bits per heavy atom. The van der Waals surface area contributed by atoms with Crippen molar-refractivity contribution in [1.82, 2.24) is 9.80 Å². The third-order valence-electron chi connectivity index (χ3n) is 6.51. The van der Waals surface area contributed by atoms with Crippen LogP contribution in [0.25, 0.3) is 0 Å². The van der Waals surface area contributed by atoms with Crippen LogP contribution in [0.4, 0.5) is 10.5 Å². The van der Waals surface area contributed by atoms with Crippen LogP contribution in [-0.2, 0) is 4.79 Å². The number of piperazine rings is 1. The third kappa shape index (κ3) is 2.68. The number of benzene rings is 2. The summed E-state index contributed by atoms with van der Waals surface area (Å²) in [6, 6.07) is 10.8. The Labute approximate surface area is 184 Å². The number of rotatable bonds is 2. The van der Waals surface area contributed by atoms with Crippen molar-refractivity contribution in [2.75, 3.05) is 11.4 Å². The fourth-order valence-corrected chi connectivity index (χ4v) is 5.26. The first-order chi connectivity index (χ1) is 14.8. The molecule has 3 aliphatic rings. The number of fused-ring (bicyclic) bond motifs is 5. The molecule has 3 atom stereocenters. The summed E-state index contributed by atoms with van der Waals surface area (Å²) in [7, 11) is 0. The third-order valence-corrected chi connectivity index (χ3v) is 7.00. The molecule has 4 amide bonds. The molecule has 2 aromatic carbocycles. The van der Waals surface area contributed by atoms with Gasteiger partial charge in [-0.2, -0.15) is 5.26 Å². The Hall–Kier alpha value is -3.37. The highest BCUT2D eigenvalue weighted by Gasteiger charge is 2.63. The smallest absolute Gasteiger partial charge is 0.331 e. The number of aryl methyl sites for hydroxylation is 1. The molecular formula is C23H19ClN4O3. The van der Waals surface area contributed by atoms with Crippen LogP contribution in [0.15, 0.2) is 36.4 Å². The van der Waals surface area contributed by atoms with E-state index in [2.05, 4.69) is 0 Å². The van der Waals surface area contributed by atoms with E-state index in [1.165, 1.54) is 6.07 Å². The van der Waals surface area contributed by atoms with Gasteiger partial charge in [0.1, 0.15) is 12.1 Å². The number of likely N-dealkylation sites (tertiary alicyclic amines) is 1. The first-order valence-electron chi connectivity index (χ1n) is 10.1. The monoisotopic (exact) mass is 434 g/mol. The molecule has 0 radical (unpaired) electrons. The highest BCUT2D eigenvalue weighted by Crippen LogP contribution is 2.44. The number of halogens is 1. The number of nitrogens with zero attached hydrogens (tertiary/aromatic N) is 4. The zero-order valence-electron chi connectivity index (χ0n) is 17.0. The number of anilines is 1. The van der Waals surface area contributed by atoms with Gasteiger partial charge in [0, 0.05) is 12.1 Å². The minimum Gasteiger partial charge on any atom is -0.331 e. The van der Waals surface area contributed by atoms with E-state index in [4.69, 9.17) is 11.6 Å². The molecule has 0 N–H and O–H groups in total. The first kappa shape index (κ1) is 19.6. The van der Waals surface area contributed by atoms with Gasteiger partial charge in [-0.3, -0.25) is 9.59 Å². The van der Waals surface area contributed by atoms with E-state index in [1.807, 2.05) is 31.2 Å². The van der Waals surface area contributed by atoms with E-state index < -0.39 is 12.1 Å². The number of hydrogen-bond acceptors (Lipinski definition) is 4. The quantitative estimate of drug-likeness (QED) is 0.679. The van der Waals surface area contributed by atoms with Crippen molar-refractivity contribution in [3.63, 3.8) is 0 Å². The molecule has 3 aliphatic heterocycles. The standard InChI is InChI=1S/C23H19ClN4O3/c1-12-4-3-5-14(8-12)21(29)26-11-16-9-18(26)20-22(30)28(23(31)27(16)20)17-7-6-15(10-25)19(24)13(17)2/h3-8,16,18,20H,9,11H2,1-2H3/t16-,18?,20+/m1/s1. The van der Waals surface area contributed by atoms with Crippen molar-refractivity contribution in [3.8, 4) is 6.07 Å². The molecule has 0 aliphatic carbocycles. The van der Waals surface area contributed by atoms with Gasteiger partial charge < -0.3 is 9.80 Å². The topological polar surface area (TPSA) is 84.7 Å². The van der Waals surface area contributed by atoms with Gasteiger partial charge in [0.05, 0.1) is 28.4 Å². The van der Waals surface area contributed by atoms with Crippen LogP contribution < -0.4 is 4.90 Å². The van der Waals surface area contributed by atoms with Crippen molar-refractivity contribution in [3.05, 3.63) is 63.7 Å². The second-order valence-electron chi connectivity index (χ2n) is 8.28. The van der Waals surface area contributed by atoms with Crippen LogP contribution in [0.3, 0.4) is 0 Å². The second kappa shape index (κ2) is 6.82. The molecule has 2 aromatic rings. The Morgan fingerprint density at radius 1 is 1.19 bits per heavy atom. The number of urea groups is 1. The van der Waals surface area contributed by atoms with Crippen LogP contribution in [0.2, 0.25) is 5.02 Å². The molecule has 1 unspecified atom stereocenters. The van der Waals surface area contributed by atoms with Gasteiger partial charge >= 0.3 is 6.03 Å². The fourth-order valence-electron chi connectivity index (χ4n) is 5.06. The highest BCUT2D eigenvalue weighted by atomic mass is 35.5. The molecule has 0 saturated carbocycles. The van der Waals surface area contributed by atoms with Gasteiger partial charge in [0.15, 0.2) is 0 Å². The molecule has 2 bridgehead atoms. The summed E-state index contributed by atoms with van der Waals surface area (Å²) < 4.78 is 0. The summed E-state index contributed by atoms with van der Waals surface area (Å²) in [6.07, 6.45) is 0.598. The number of imide groups is 1. The predicted molar refractivity (Wildman–Crippen MR) is 114 cm³/mol. The van der Waals surface area contributed by atoms with Crippen LogP contribution in [0.1, 0.15) is 33.5 Å². The Kier molecular flexibility index (Phi) is 4.31. The molecule has 7 nitrogen and oxygen atoms in total. The summed E-state index contributed by atoms with van der Waals surface area (Å²) in [5.41, 5.74) is 2.75. The van der Waals surface area contributed by atoms with Gasteiger partial charge in [-0.05, 0) is 50.1 Å². The average molecular weight is 435 g/mol.